The number of aryl methyl sites for hydroxylation is 1. The van der Waals surface area contributed by atoms with E-state index in [2.05, 4.69) is 47.9 Å². The Morgan fingerprint density at radius 3 is 2.77 bits per heavy atom. The first-order valence-corrected chi connectivity index (χ1v) is 10.2. The summed E-state index contributed by atoms with van der Waals surface area (Å²) in [6.07, 6.45) is 6.36. The van der Waals surface area contributed by atoms with E-state index in [-0.39, 0.29) is 5.41 Å². The first kappa shape index (κ1) is 19.4. The summed E-state index contributed by atoms with van der Waals surface area (Å²) in [6, 6.07) is 4.26. The van der Waals surface area contributed by atoms with Crippen molar-refractivity contribution in [2.75, 3.05) is 46.8 Å². The molecule has 2 aliphatic rings. The molecule has 146 valence electrons. The minimum absolute atomic E-state index is 0.275. The van der Waals surface area contributed by atoms with Gasteiger partial charge in [-0.2, -0.15) is 0 Å². The molecule has 2 saturated heterocycles. The third-order valence-electron chi connectivity index (χ3n) is 5.90. The summed E-state index contributed by atoms with van der Waals surface area (Å²) in [5.41, 5.74) is 0.275. The van der Waals surface area contributed by atoms with Crippen LogP contribution in [0.1, 0.15) is 50.5 Å². The van der Waals surface area contributed by atoms with Crippen LogP contribution in [0.2, 0.25) is 0 Å². The van der Waals surface area contributed by atoms with Crippen molar-refractivity contribution in [2.24, 2.45) is 5.41 Å². The van der Waals surface area contributed by atoms with Gasteiger partial charge in [-0.1, -0.05) is 6.92 Å². The van der Waals surface area contributed by atoms with Gasteiger partial charge in [0.15, 0.2) is 0 Å². The van der Waals surface area contributed by atoms with E-state index in [1.54, 1.807) is 0 Å². The van der Waals surface area contributed by atoms with Gasteiger partial charge >= 0.3 is 0 Å². The number of carbonyl (C=O) groups is 1. The second kappa shape index (κ2) is 8.57. The quantitative estimate of drug-likeness (QED) is 0.748. The van der Waals surface area contributed by atoms with Crippen molar-refractivity contribution in [3.8, 4) is 0 Å². The summed E-state index contributed by atoms with van der Waals surface area (Å²) in [5.74, 6) is 2.53. The number of amides is 1. The van der Waals surface area contributed by atoms with Crippen molar-refractivity contribution >= 4 is 5.91 Å². The van der Waals surface area contributed by atoms with Gasteiger partial charge < -0.3 is 14.2 Å². The summed E-state index contributed by atoms with van der Waals surface area (Å²) in [4.78, 5) is 19.2. The Morgan fingerprint density at radius 2 is 2.00 bits per heavy atom. The highest BCUT2D eigenvalue weighted by Crippen LogP contribution is 2.39. The summed E-state index contributed by atoms with van der Waals surface area (Å²) in [7, 11) is 4.14. The Bertz CT molecular complexity index is 598. The number of piperidine rings is 2. The Balaban J connectivity index is 1.59. The molecule has 0 bridgehead atoms. The number of carbonyl (C=O) groups excluding carboxylic acids is 1. The molecule has 0 aliphatic carbocycles. The fourth-order valence-corrected chi connectivity index (χ4v) is 4.51. The van der Waals surface area contributed by atoms with Crippen LogP contribution in [0.5, 0.6) is 0 Å². The molecule has 5 heteroatoms. The van der Waals surface area contributed by atoms with Crippen LogP contribution in [0.15, 0.2) is 16.5 Å². The second-order valence-corrected chi connectivity index (χ2v) is 8.55. The third kappa shape index (κ3) is 4.89. The number of hydrogen-bond donors (Lipinski definition) is 0. The molecule has 0 radical (unpaired) electrons. The van der Waals surface area contributed by atoms with Gasteiger partial charge in [0.1, 0.15) is 11.5 Å². The highest BCUT2D eigenvalue weighted by Gasteiger charge is 2.41. The van der Waals surface area contributed by atoms with Crippen molar-refractivity contribution in [2.45, 2.75) is 52.0 Å². The van der Waals surface area contributed by atoms with E-state index in [0.29, 0.717) is 12.3 Å². The zero-order valence-corrected chi connectivity index (χ0v) is 16.8. The monoisotopic (exact) mass is 361 g/mol. The molecule has 0 saturated carbocycles. The highest BCUT2D eigenvalue weighted by molar-refractivity contribution is 5.77. The topological polar surface area (TPSA) is 39.9 Å². The van der Waals surface area contributed by atoms with E-state index < -0.39 is 0 Å². The number of likely N-dealkylation sites (N-methyl/N-ethyl adjacent to an activating group) is 1. The molecule has 5 nitrogen and oxygen atoms in total. The molecular formula is C21H35N3O2. The maximum absolute atomic E-state index is 12.3. The summed E-state index contributed by atoms with van der Waals surface area (Å²) in [6.45, 7) is 8.03. The molecular weight excluding hydrogens is 326 g/mol. The molecule has 2 fully saturated rings. The van der Waals surface area contributed by atoms with Crippen molar-refractivity contribution in [1.82, 2.24) is 14.7 Å². The van der Waals surface area contributed by atoms with Gasteiger partial charge in [0.2, 0.25) is 5.91 Å². The van der Waals surface area contributed by atoms with E-state index in [9.17, 15) is 4.79 Å². The van der Waals surface area contributed by atoms with Crippen LogP contribution in [0, 0.1) is 5.41 Å². The van der Waals surface area contributed by atoms with Gasteiger partial charge in [-0.25, -0.2) is 0 Å². The Kier molecular flexibility index (Phi) is 6.41. The Labute approximate surface area is 158 Å². The maximum Gasteiger partial charge on any atom is 0.222 e. The molecule has 3 heterocycles. The lowest BCUT2D eigenvalue weighted by molar-refractivity contribution is -0.139. The van der Waals surface area contributed by atoms with Gasteiger partial charge in [0.05, 0.1) is 6.54 Å². The van der Waals surface area contributed by atoms with Gasteiger partial charge in [0, 0.05) is 44.4 Å². The molecule has 1 amide bonds. The van der Waals surface area contributed by atoms with Crippen LogP contribution in [0.25, 0.3) is 0 Å². The summed E-state index contributed by atoms with van der Waals surface area (Å²) >= 11 is 0. The van der Waals surface area contributed by atoms with Crippen LogP contribution < -0.4 is 0 Å². The van der Waals surface area contributed by atoms with E-state index >= 15 is 0 Å². The van der Waals surface area contributed by atoms with Gasteiger partial charge in [-0.15, -0.1) is 0 Å². The van der Waals surface area contributed by atoms with E-state index in [0.717, 1.165) is 70.1 Å². The number of furan rings is 1. The lowest BCUT2D eigenvalue weighted by atomic mass is 9.73. The molecule has 2 aliphatic heterocycles. The highest BCUT2D eigenvalue weighted by atomic mass is 16.3. The van der Waals surface area contributed by atoms with Crippen LogP contribution in [0.3, 0.4) is 0 Å². The Morgan fingerprint density at radius 1 is 1.19 bits per heavy atom. The molecule has 0 unspecified atom stereocenters. The fourth-order valence-electron chi connectivity index (χ4n) is 4.51. The minimum Gasteiger partial charge on any atom is -0.465 e. The second-order valence-electron chi connectivity index (χ2n) is 8.55. The molecule has 1 aromatic rings. The predicted octanol–water partition coefficient (Wildman–Crippen LogP) is 3.00. The van der Waals surface area contributed by atoms with Crippen molar-refractivity contribution in [3.05, 3.63) is 23.7 Å². The summed E-state index contributed by atoms with van der Waals surface area (Å²) < 4.78 is 5.99. The SMILES string of the molecule is CCCc1ccc(CN2CCC[C@]3(CCC(=O)N(CCN(C)C)C3)C2)o1. The van der Waals surface area contributed by atoms with Crippen molar-refractivity contribution < 1.29 is 9.21 Å². The maximum atomic E-state index is 12.3. The molecule has 0 aromatic carbocycles. The van der Waals surface area contributed by atoms with Crippen LogP contribution in [-0.2, 0) is 17.8 Å². The molecule has 0 N–H and O–H groups in total. The van der Waals surface area contributed by atoms with Crippen molar-refractivity contribution in [1.29, 1.82) is 0 Å². The largest absolute Gasteiger partial charge is 0.465 e. The molecule has 1 atom stereocenters. The number of nitrogens with zero attached hydrogens (tertiary/aromatic N) is 3. The van der Waals surface area contributed by atoms with Crippen LogP contribution in [0.4, 0.5) is 0 Å². The van der Waals surface area contributed by atoms with E-state index in [1.807, 2.05) is 0 Å². The molecule has 1 aromatic heterocycles. The number of hydrogen-bond acceptors (Lipinski definition) is 4. The lowest BCUT2D eigenvalue weighted by Gasteiger charge is -2.48. The molecule has 26 heavy (non-hydrogen) atoms. The zero-order chi connectivity index (χ0) is 18.6. The van der Waals surface area contributed by atoms with E-state index in [4.69, 9.17) is 4.42 Å². The smallest absolute Gasteiger partial charge is 0.222 e. The van der Waals surface area contributed by atoms with Crippen molar-refractivity contribution in [3.63, 3.8) is 0 Å². The average molecular weight is 362 g/mol. The normalized spacial score (nSPS) is 24.8. The third-order valence-corrected chi connectivity index (χ3v) is 5.90. The van der Waals surface area contributed by atoms with Gasteiger partial charge in [0.25, 0.3) is 0 Å². The van der Waals surface area contributed by atoms with Gasteiger partial charge in [-0.05, 0) is 58.5 Å². The van der Waals surface area contributed by atoms with Gasteiger partial charge in [-0.3, -0.25) is 9.69 Å². The number of likely N-dealkylation sites (tertiary alicyclic amines) is 2. The summed E-state index contributed by atoms with van der Waals surface area (Å²) in [5, 5.41) is 0. The molecule has 1 spiro atoms. The minimum atomic E-state index is 0.275. The standard InChI is InChI=1S/C21H35N3O2/c1-4-6-18-7-8-19(26-18)15-23-12-5-10-21(16-23)11-9-20(25)24(17-21)14-13-22(2)3/h7-8H,4-6,9-17H2,1-3H3/t21-/m0/s1. The predicted molar refractivity (Wildman–Crippen MR) is 104 cm³/mol. The first-order chi connectivity index (χ1) is 12.5. The fraction of sp³-hybridized carbons (Fsp3) is 0.762. The Hall–Kier alpha value is -1.33. The van der Waals surface area contributed by atoms with E-state index in [1.165, 1.54) is 12.8 Å². The van der Waals surface area contributed by atoms with Crippen LogP contribution >= 0.6 is 0 Å². The average Bonchev–Trinajstić information content (AvgIpc) is 3.03. The van der Waals surface area contributed by atoms with Crippen LogP contribution in [-0.4, -0.2) is 67.4 Å². The zero-order valence-electron chi connectivity index (χ0n) is 16.8. The first-order valence-electron chi connectivity index (χ1n) is 10.2. The molecule has 3 rings (SSSR count). The lowest BCUT2D eigenvalue weighted by Crippen LogP contribution is -2.54. The number of rotatable bonds is 7.